The van der Waals surface area contributed by atoms with Crippen LogP contribution in [0, 0.1) is 5.82 Å². The molecule has 3 aromatic heterocycles. The molecule has 0 unspecified atom stereocenters. The number of amides is 1. The first-order valence-electron chi connectivity index (χ1n) is 16.7. The number of hydrogen-bond donors (Lipinski definition) is 1. The number of rotatable bonds is 12. The summed E-state index contributed by atoms with van der Waals surface area (Å²) in [6, 6.07) is 19.5. The summed E-state index contributed by atoms with van der Waals surface area (Å²) in [7, 11) is 3.11. The fraction of sp³-hybridized carbons (Fsp3) is 0.231. The molecular weight excluding hydrogens is 669 g/mol. The quantitative estimate of drug-likeness (QED) is 0.146. The lowest BCUT2D eigenvalue weighted by molar-refractivity contribution is 0.0357. The Hall–Kier alpha value is -6.05. The van der Waals surface area contributed by atoms with Crippen molar-refractivity contribution in [2.75, 3.05) is 59.0 Å². The molecular formula is C39H36FN5O7. The van der Waals surface area contributed by atoms with Crippen molar-refractivity contribution in [2.24, 2.45) is 0 Å². The van der Waals surface area contributed by atoms with Gasteiger partial charge >= 0.3 is 0 Å². The molecule has 1 aliphatic heterocycles. The van der Waals surface area contributed by atoms with Crippen molar-refractivity contribution in [1.82, 2.24) is 19.4 Å². The Morgan fingerprint density at radius 3 is 2.48 bits per heavy atom. The second-order valence-corrected chi connectivity index (χ2v) is 12.0. The van der Waals surface area contributed by atoms with Gasteiger partial charge in [-0.3, -0.25) is 19.5 Å². The van der Waals surface area contributed by atoms with Crippen LogP contribution < -0.4 is 29.7 Å². The lowest BCUT2D eigenvalue weighted by atomic mass is 10.1. The largest absolute Gasteiger partial charge is 0.497 e. The number of fused-ring (bicyclic) bond motifs is 2. The minimum atomic E-state index is -0.728. The van der Waals surface area contributed by atoms with Gasteiger partial charge in [-0.05, 0) is 67.1 Å². The number of aromatic nitrogens is 3. The number of carbonyl (C=O) groups excluding carboxylic acids is 1. The van der Waals surface area contributed by atoms with Gasteiger partial charge in [-0.1, -0.05) is 0 Å². The summed E-state index contributed by atoms with van der Waals surface area (Å²) < 4.78 is 45.5. The standard InChI is InChI=1S/C39H36FN5O7/c1-48-27-9-7-26(8-10-27)45-24-30(37(46)28-5-3-13-42-38(28)45)39(47)43-25-6-11-34(31(40)21-25)52-33-12-14-41-32-23-36(35(49-2)22-29(32)33)51-18-4-15-44-16-19-50-20-17-44/h3,5-14,21-24H,4,15-20H2,1-2H3,(H,43,47). The van der Waals surface area contributed by atoms with Gasteiger partial charge < -0.3 is 33.6 Å². The van der Waals surface area contributed by atoms with Crippen LogP contribution in [0.3, 0.4) is 0 Å². The molecule has 0 radical (unpaired) electrons. The van der Waals surface area contributed by atoms with Gasteiger partial charge in [-0.2, -0.15) is 0 Å². The maximum Gasteiger partial charge on any atom is 0.261 e. The minimum Gasteiger partial charge on any atom is -0.497 e. The van der Waals surface area contributed by atoms with Crippen LogP contribution in [0.2, 0.25) is 0 Å². The lowest BCUT2D eigenvalue weighted by Crippen LogP contribution is -2.37. The van der Waals surface area contributed by atoms with E-state index in [1.54, 1.807) is 85.8 Å². The van der Waals surface area contributed by atoms with E-state index in [2.05, 4.69) is 20.2 Å². The number of morpholine rings is 1. The highest BCUT2D eigenvalue weighted by Crippen LogP contribution is 2.38. The zero-order valence-electron chi connectivity index (χ0n) is 28.6. The average Bonchev–Trinajstić information content (AvgIpc) is 3.18. The molecule has 266 valence electrons. The molecule has 0 spiro atoms. The van der Waals surface area contributed by atoms with Crippen molar-refractivity contribution < 1.29 is 32.9 Å². The van der Waals surface area contributed by atoms with Crippen molar-refractivity contribution in [1.29, 1.82) is 0 Å². The second-order valence-electron chi connectivity index (χ2n) is 12.0. The van der Waals surface area contributed by atoms with Crippen molar-refractivity contribution >= 4 is 33.5 Å². The van der Waals surface area contributed by atoms with Gasteiger partial charge in [0.15, 0.2) is 23.1 Å². The minimum absolute atomic E-state index is 0.0773. The Labute approximate surface area is 298 Å². The van der Waals surface area contributed by atoms with E-state index in [9.17, 15) is 9.59 Å². The average molecular weight is 706 g/mol. The highest BCUT2D eigenvalue weighted by atomic mass is 19.1. The van der Waals surface area contributed by atoms with Gasteiger partial charge in [-0.15, -0.1) is 0 Å². The van der Waals surface area contributed by atoms with Gasteiger partial charge in [0.25, 0.3) is 5.91 Å². The monoisotopic (exact) mass is 705 g/mol. The van der Waals surface area contributed by atoms with E-state index < -0.39 is 17.2 Å². The molecule has 7 rings (SSSR count). The van der Waals surface area contributed by atoms with Crippen LogP contribution in [-0.2, 0) is 4.74 Å². The molecule has 0 saturated carbocycles. The van der Waals surface area contributed by atoms with Crippen molar-refractivity contribution in [2.45, 2.75) is 6.42 Å². The Morgan fingerprint density at radius 2 is 1.71 bits per heavy atom. The Kier molecular flexibility index (Phi) is 10.2. The smallest absolute Gasteiger partial charge is 0.261 e. The van der Waals surface area contributed by atoms with Crippen LogP contribution in [0.5, 0.6) is 28.7 Å². The second kappa shape index (κ2) is 15.5. The highest BCUT2D eigenvalue weighted by Gasteiger charge is 2.19. The number of nitrogens with zero attached hydrogens (tertiary/aromatic N) is 4. The van der Waals surface area contributed by atoms with Gasteiger partial charge in [0.05, 0.1) is 44.9 Å². The van der Waals surface area contributed by atoms with Crippen molar-refractivity contribution in [3.05, 3.63) is 113 Å². The summed E-state index contributed by atoms with van der Waals surface area (Å²) in [6.45, 7) is 4.75. The normalized spacial score (nSPS) is 13.2. The van der Waals surface area contributed by atoms with Crippen LogP contribution in [-0.4, -0.2) is 79.0 Å². The van der Waals surface area contributed by atoms with Crippen LogP contribution in [0.1, 0.15) is 16.8 Å². The molecule has 0 atom stereocenters. The molecule has 13 heteroatoms. The van der Waals surface area contributed by atoms with Crippen LogP contribution in [0.4, 0.5) is 10.1 Å². The number of ether oxygens (including phenoxy) is 5. The molecule has 3 aromatic carbocycles. The number of carbonyl (C=O) groups is 1. The zero-order chi connectivity index (χ0) is 36.0. The molecule has 1 N–H and O–H groups in total. The fourth-order valence-electron chi connectivity index (χ4n) is 6.02. The number of hydrogen-bond acceptors (Lipinski definition) is 10. The van der Waals surface area contributed by atoms with Crippen LogP contribution >= 0.6 is 0 Å². The number of pyridine rings is 3. The molecule has 6 aromatic rings. The molecule has 1 aliphatic rings. The van der Waals surface area contributed by atoms with Crippen molar-refractivity contribution in [3.63, 3.8) is 0 Å². The van der Waals surface area contributed by atoms with E-state index in [-0.39, 0.29) is 22.4 Å². The molecule has 1 saturated heterocycles. The first-order chi connectivity index (χ1) is 25.4. The van der Waals surface area contributed by atoms with E-state index in [1.165, 1.54) is 18.3 Å². The summed E-state index contributed by atoms with van der Waals surface area (Å²) in [5.74, 6) is 0.521. The van der Waals surface area contributed by atoms with Gasteiger partial charge in [0, 0.05) is 67.1 Å². The third-order valence-electron chi connectivity index (χ3n) is 8.73. The summed E-state index contributed by atoms with van der Waals surface area (Å²) in [6.07, 6.45) is 5.40. The van der Waals surface area contributed by atoms with Crippen LogP contribution in [0.15, 0.2) is 96.2 Å². The van der Waals surface area contributed by atoms with E-state index >= 15 is 4.39 Å². The molecule has 1 fully saturated rings. The maximum absolute atomic E-state index is 15.5. The predicted octanol–water partition coefficient (Wildman–Crippen LogP) is 6.24. The number of anilines is 1. The van der Waals surface area contributed by atoms with E-state index in [0.717, 1.165) is 45.3 Å². The molecule has 52 heavy (non-hydrogen) atoms. The Morgan fingerprint density at radius 1 is 0.885 bits per heavy atom. The Bertz CT molecular complexity index is 2290. The van der Waals surface area contributed by atoms with Crippen molar-refractivity contribution in [3.8, 4) is 34.4 Å². The van der Waals surface area contributed by atoms with Crippen LogP contribution in [0.25, 0.3) is 27.6 Å². The first kappa shape index (κ1) is 34.4. The maximum atomic E-state index is 15.5. The van der Waals surface area contributed by atoms with Gasteiger partial charge in [0.1, 0.15) is 22.7 Å². The highest BCUT2D eigenvalue weighted by molar-refractivity contribution is 6.05. The number of benzene rings is 3. The van der Waals surface area contributed by atoms with E-state index in [1.807, 2.05) is 0 Å². The van der Waals surface area contributed by atoms with E-state index in [0.29, 0.717) is 51.8 Å². The molecule has 4 heterocycles. The van der Waals surface area contributed by atoms with E-state index in [4.69, 9.17) is 23.7 Å². The SMILES string of the molecule is COc1ccc(-n2cc(C(=O)Nc3ccc(Oc4ccnc5cc(OCCCN6CCOCC6)c(OC)cc45)c(F)c3)c(=O)c3cccnc32)cc1. The van der Waals surface area contributed by atoms with Gasteiger partial charge in [-0.25, -0.2) is 9.37 Å². The number of nitrogens with one attached hydrogen (secondary N) is 1. The topological polar surface area (TPSA) is 126 Å². The molecule has 12 nitrogen and oxygen atoms in total. The zero-order valence-corrected chi connectivity index (χ0v) is 28.6. The molecule has 0 bridgehead atoms. The first-order valence-corrected chi connectivity index (χ1v) is 16.7. The predicted molar refractivity (Wildman–Crippen MR) is 194 cm³/mol. The molecule has 1 amide bonds. The summed E-state index contributed by atoms with van der Waals surface area (Å²) in [5.41, 5.74) is 1.11. The summed E-state index contributed by atoms with van der Waals surface area (Å²) in [4.78, 5) is 38.1. The van der Waals surface area contributed by atoms with Gasteiger partial charge in [0.2, 0.25) is 5.43 Å². The third-order valence-corrected chi connectivity index (χ3v) is 8.73. The summed E-state index contributed by atoms with van der Waals surface area (Å²) >= 11 is 0. The fourth-order valence-corrected chi connectivity index (χ4v) is 6.02. The number of halogens is 1. The Balaban J connectivity index is 1.08. The lowest BCUT2D eigenvalue weighted by Gasteiger charge is -2.26. The third kappa shape index (κ3) is 7.36. The summed E-state index contributed by atoms with van der Waals surface area (Å²) in [5, 5.41) is 3.49. The number of methoxy groups -OCH3 is 2. The molecule has 0 aliphatic carbocycles.